The minimum atomic E-state index is -0.474. The average molecular weight is 366 g/mol. The number of ether oxygens (including phenoxy) is 1. The number of rotatable bonds is 6. The van der Waals surface area contributed by atoms with E-state index in [1.165, 1.54) is 18.3 Å². The first kappa shape index (κ1) is 18.1. The van der Waals surface area contributed by atoms with Crippen LogP contribution in [-0.2, 0) is 4.79 Å². The molecule has 2 aromatic carbocycles. The van der Waals surface area contributed by atoms with Crippen molar-refractivity contribution < 1.29 is 14.5 Å². The third kappa shape index (κ3) is 4.12. The molecule has 0 radical (unpaired) electrons. The summed E-state index contributed by atoms with van der Waals surface area (Å²) in [5.74, 6) is -0.0238. The van der Waals surface area contributed by atoms with Gasteiger partial charge in [0.2, 0.25) is 0 Å². The molecule has 0 unspecified atom stereocenters. The molecule has 1 N–H and O–H groups in total. The number of nitro groups is 1. The molecule has 0 aliphatic heterocycles. The topological polar surface area (TPSA) is 97.6 Å². The van der Waals surface area contributed by atoms with Crippen LogP contribution in [-0.4, -0.2) is 36.5 Å². The van der Waals surface area contributed by atoms with Crippen molar-refractivity contribution in [3.05, 3.63) is 64.8 Å². The minimum absolute atomic E-state index is 0.0594. The number of pyridine rings is 1. The van der Waals surface area contributed by atoms with Crippen molar-refractivity contribution in [3.63, 3.8) is 0 Å². The molecule has 3 rings (SSSR count). The molecule has 0 saturated carbocycles. The van der Waals surface area contributed by atoms with Crippen molar-refractivity contribution in [2.24, 2.45) is 0 Å². The molecule has 0 saturated heterocycles. The lowest BCUT2D eigenvalue weighted by Gasteiger charge is -2.13. The summed E-state index contributed by atoms with van der Waals surface area (Å²) in [4.78, 5) is 28.9. The van der Waals surface area contributed by atoms with Crippen LogP contribution in [0.15, 0.2) is 54.7 Å². The first-order valence-electron chi connectivity index (χ1n) is 8.18. The molecule has 0 fully saturated rings. The molecule has 3 aromatic rings. The van der Waals surface area contributed by atoms with Gasteiger partial charge in [-0.05, 0) is 42.5 Å². The van der Waals surface area contributed by atoms with Crippen molar-refractivity contribution in [2.75, 3.05) is 30.9 Å². The lowest BCUT2D eigenvalue weighted by Crippen LogP contribution is -2.20. The van der Waals surface area contributed by atoms with E-state index < -0.39 is 4.92 Å². The Balaban J connectivity index is 1.70. The van der Waals surface area contributed by atoms with Crippen LogP contribution in [0.5, 0.6) is 5.75 Å². The SMILES string of the molecule is CN(C)c1ccc(NC(=O)COc2ccc([N+](=O)[O-])c3cccnc23)cc1. The molecule has 0 atom stereocenters. The normalized spacial score (nSPS) is 10.4. The monoisotopic (exact) mass is 366 g/mol. The van der Waals surface area contributed by atoms with E-state index in [2.05, 4.69) is 10.3 Å². The van der Waals surface area contributed by atoms with Crippen LogP contribution in [0.1, 0.15) is 0 Å². The van der Waals surface area contributed by atoms with Gasteiger partial charge in [-0.3, -0.25) is 19.9 Å². The number of anilines is 2. The van der Waals surface area contributed by atoms with Gasteiger partial charge in [-0.15, -0.1) is 0 Å². The molecule has 1 heterocycles. The first-order chi connectivity index (χ1) is 13.0. The van der Waals surface area contributed by atoms with Crippen molar-refractivity contribution in [2.45, 2.75) is 0 Å². The second-order valence-corrected chi connectivity index (χ2v) is 6.02. The molecule has 8 nitrogen and oxygen atoms in total. The standard InChI is InChI=1S/C19H18N4O4/c1-22(2)14-7-5-13(6-8-14)21-18(24)12-27-17-10-9-16(23(25)26)15-4-3-11-20-19(15)17/h3-11H,12H2,1-2H3,(H,21,24). The van der Waals surface area contributed by atoms with Gasteiger partial charge in [0.05, 0.1) is 10.3 Å². The van der Waals surface area contributed by atoms with E-state index in [1.54, 1.807) is 24.3 Å². The highest BCUT2D eigenvalue weighted by molar-refractivity contribution is 5.94. The molecule has 1 amide bonds. The fourth-order valence-electron chi connectivity index (χ4n) is 2.59. The smallest absolute Gasteiger partial charge is 0.279 e. The van der Waals surface area contributed by atoms with Crippen LogP contribution in [0.25, 0.3) is 10.9 Å². The lowest BCUT2D eigenvalue weighted by molar-refractivity contribution is -0.383. The molecular formula is C19H18N4O4. The van der Waals surface area contributed by atoms with Crippen molar-refractivity contribution in [1.82, 2.24) is 4.98 Å². The summed E-state index contributed by atoms with van der Waals surface area (Å²) in [7, 11) is 3.87. The Kier molecular flexibility index (Phi) is 5.16. The van der Waals surface area contributed by atoms with Crippen LogP contribution in [0.2, 0.25) is 0 Å². The number of hydrogen-bond acceptors (Lipinski definition) is 6. The van der Waals surface area contributed by atoms with Gasteiger partial charge < -0.3 is 15.0 Å². The van der Waals surface area contributed by atoms with Crippen molar-refractivity contribution in [3.8, 4) is 5.75 Å². The number of amides is 1. The summed E-state index contributed by atoms with van der Waals surface area (Å²) < 4.78 is 5.54. The van der Waals surface area contributed by atoms with Crippen LogP contribution in [0.3, 0.4) is 0 Å². The summed E-state index contributed by atoms with van der Waals surface area (Å²) in [6.45, 7) is -0.237. The highest BCUT2D eigenvalue weighted by atomic mass is 16.6. The number of carbonyl (C=O) groups excluding carboxylic acids is 1. The number of fused-ring (bicyclic) bond motifs is 1. The van der Waals surface area contributed by atoms with E-state index in [9.17, 15) is 14.9 Å². The zero-order valence-corrected chi connectivity index (χ0v) is 14.9. The van der Waals surface area contributed by atoms with E-state index in [-0.39, 0.29) is 18.2 Å². The summed E-state index contributed by atoms with van der Waals surface area (Å²) >= 11 is 0. The highest BCUT2D eigenvalue weighted by Gasteiger charge is 2.16. The maximum atomic E-state index is 12.1. The van der Waals surface area contributed by atoms with Gasteiger partial charge >= 0.3 is 0 Å². The number of aromatic nitrogens is 1. The van der Waals surface area contributed by atoms with E-state index >= 15 is 0 Å². The lowest BCUT2D eigenvalue weighted by atomic mass is 10.1. The number of nitrogens with one attached hydrogen (secondary N) is 1. The molecule has 138 valence electrons. The predicted octanol–water partition coefficient (Wildman–Crippen LogP) is 3.23. The van der Waals surface area contributed by atoms with Crippen LogP contribution in [0.4, 0.5) is 17.1 Å². The maximum absolute atomic E-state index is 12.1. The summed E-state index contributed by atoms with van der Waals surface area (Å²) in [6.07, 6.45) is 1.52. The second-order valence-electron chi connectivity index (χ2n) is 6.02. The Bertz CT molecular complexity index is 987. The first-order valence-corrected chi connectivity index (χ1v) is 8.18. The quantitative estimate of drug-likeness (QED) is 0.531. The minimum Gasteiger partial charge on any atom is -0.481 e. The number of hydrogen-bond donors (Lipinski definition) is 1. The number of nitro benzene ring substituents is 1. The van der Waals surface area contributed by atoms with E-state index in [0.29, 0.717) is 22.3 Å². The molecule has 0 spiro atoms. The Hall–Kier alpha value is -3.68. The number of benzene rings is 2. The third-order valence-corrected chi connectivity index (χ3v) is 3.93. The number of non-ortho nitro benzene ring substituents is 1. The molecule has 1 aromatic heterocycles. The third-order valence-electron chi connectivity index (χ3n) is 3.93. The summed E-state index contributed by atoms with van der Waals surface area (Å²) in [5, 5.41) is 14.2. The molecular weight excluding hydrogens is 348 g/mol. The predicted molar refractivity (Wildman–Crippen MR) is 103 cm³/mol. The average Bonchev–Trinajstić information content (AvgIpc) is 2.66. The van der Waals surface area contributed by atoms with Crippen LogP contribution in [0, 0.1) is 10.1 Å². The highest BCUT2D eigenvalue weighted by Crippen LogP contribution is 2.31. The number of carbonyl (C=O) groups is 1. The van der Waals surface area contributed by atoms with Gasteiger partial charge in [0.25, 0.3) is 11.6 Å². The zero-order valence-electron chi connectivity index (χ0n) is 14.9. The Morgan fingerprint density at radius 2 is 1.93 bits per heavy atom. The molecule has 8 heteroatoms. The van der Waals surface area contributed by atoms with E-state index in [4.69, 9.17) is 4.74 Å². The van der Waals surface area contributed by atoms with Gasteiger partial charge in [0.15, 0.2) is 6.61 Å². The Morgan fingerprint density at radius 1 is 1.19 bits per heavy atom. The molecule has 0 aliphatic rings. The Labute approximate surface area is 155 Å². The molecule has 0 bridgehead atoms. The molecule has 27 heavy (non-hydrogen) atoms. The van der Waals surface area contributed by atoms with Crippen LogP contribution >= 0.6 is 0 Å². The van der Waals surface area contributed by atoms with E-state index in [0.717, 1.165) is 5.69 Å². The molecule has 0 aliphatic carbocycles. The van der Waals surface area contributed by atoms with Crippen molar-refractivity contribution >= 4 is 33.9 Å². The summed E-state index contributed by atoms with van der Waals surface area (Å²) in [5.41, 5.74) is 1.96. The van der Waals surface area contributed by atoms with E-state index in [1.807, 2.05) is 31.1 Å². The fourth-order valence-corrected chi connectivity index (χ4v) is 2.59. The number of nitrogens with zero attached hydrogens (tertiary/aromatic N) is 3. The fraction of sp³-hybridized carbons (Fsp3) is 0.158. The van der Waals surface area contributed by atoms with Gasteiger partial charge in [-0.1, -0.05) is 0 Å². The second kappa shape index (κ2) is 7.69. The maximum Gasteiger partial charge on any atom is 0.279 e. The Morgan fingerprint density at radius 3 is 2.59 bits per heavy atom. The van der Waals surface area contributed by atoms with Crippen LogP contribution < -0.4 is 15.0 Å². The summed E-state index contributed by atoms with van der Waals surface area (Å²) in [6, 6.07) is 13.4. The largest absolute Gasteiger partial charge is 0.481 e. The van der Waals surface area contributed by atoms with Gasteiger partial charge in [0.1, 0.15) is 11.3 Å². The van der Waals surface area contributed by atoms with Gasteiger partial charge in [-0.25, -0.2) is 0 Å². The van der Waals surface area contributed by atoms with Gasteiger partial charge in [-0.2, -0.15) is 0 Å². The van der Waals surface area contributed by atoms with Crippen molar-refractivity contribution in [1.29, 1.82) is 0 Å². The zero-order chi connectivity index (χ0) is 19.4. The van der Waals surface area contributed by atoms with Gasteiger partial charge in [0, 0.05) is 37.7 Å².